The zero-order chi connectivity index (χ0) is 8.60. The molecule has 2 unspecified atom stereocenters. The highest BCUT2D eigenvalue weighted by atomic mass is 35.5. The Bertz CT molecular complexity index is 172. The number of nitrogens with one attached hydrogen (secondary N) is 1. The summed E-state index contributed by atoms with van der Waals surface area (Å²) in [5.74, 6) is 0. The Morgan fingerprint density at radius 2 is 2.08 bits per heavy atom. The van der Waals surface area contributed by atoms with Crippen molar-refractivity contribution in [1.82, 2.24) is 5.32 Å². The molecule has 2 aliphatic rings. The van der Waals surface area contributed by atoms with E-state index in [9.17, 15) is 0 Å². The first kappa shape index (κ1) is 11.3. The summed E-state index contributed by atoms with van der Waals surface area (Å²) in [6, 6.07) is 0.645. The lowest BCUT2D eigenvalue weighted by Gasteiger charge is -2.44. The summed E-state index contributed by atoms with van der Waals surface area (Å²) in [5, 5.41) is 3.53. The number of hydrogen-bond acceptors (Lipinski definition) is 2. The lowest BCUT2D eigenvalue weighted by Crippen LogP contribution is -2.53. The largest absolute Gasteiger partial charge is 0.371 e. The van der Waals surface area contributed by atoms with Crippen LogP contribution in [0, 0.1) is 0 Å². The van der Waals surface area contributed by atoms with Crippen LogP contribution >= 0.6 is 12.4 Å². The number of hydrogen-bond donors (Lipinski definition) is 1. The van der Waals surface area contributed by atoms with E-state index in [0.29, 0.717) is 12.1 Å². The Balaban J connectivity index is 0.000000845. The summed E-state index contributed by atoms with van der Waals surface area (Å²) >= 11 is 0. The van der Waals surface area contributed by atoms with Crippen LogP contribution in [0.1, 0.15) is 39.5 Å². The van der Waals surface area contributed by atoms with Gasteiger partial charge in [-0.15, -0.1) is 12.4 Å². The van der Waals surface area contributed by atoms with Gasteiger partial charge in [0.15, 0.2) is 0 Å². The van der Waals surface area contributed by atoms with E-state index in [0.717, 1.165) is 0 Å². The van der Waals surface area contributed by atoms with Crippen LogP contribution in [0.5, 0.6) is 0 Å². The van der Waals surface area contributed by atoms with Gasteiger partial charge in [-0.3, -0.25) is 0 Å². The van der Waals surface area contributed by atoms with Gasteiger partial charge in [0.25, 0.3) is 0 Å². The van der Waals surface area contributed by atoms with Gasteiger partial charge in [-0.05, 0) is 46.1 Å². The zero-order valence-electron chi connectivity index (χ0n) is 8.51. The predicted octanol–water partition coefficient (Wildman–Crippen LogP) is 2.12. The fourth-order valence-corrected chi connectivity index (χ4v) is 2.32. The van der Waals surface area contributed by atoms with Crippen LogP contribution in [0.3, 0.4) is 0 Å². The summed E-state index contributed by atoms with van der Waals surface area (Å²) < 4.78 is 6.02. The van der Waals surface area contributed by atoms with Gasteiger partial charge in [0.2, 0.25) is 0 Å². The van der Waals surface area contributed by atoms with Gasteiger partial charge in [-0.2, -0.15) is 0 Å². The van der Waals surface area contributed by atoms with Crippen molar-refractivity contribution in [1.29, 1.82) is 0 Å². The van der Waals surface area contributed by atoms with E-state index in [2.05, 4.69) is 19.2 Å². The molecule has 0 radical (unpaired) electrons. The number of ether oxygens (including phenoxy) is 1. The molecule has 1 N–H and O–H groups in total. The van der Waals surface area contributed by atoms with Crippen LogP contribution in [-0.2, 0) is 4.74 Å². The van der Waals surface area contributed by atoms with Gasteiger partial charge in [-0.25, -0.2) is 0 Å². The van der Waals surface area contributed by atoms with Crippen molar-refractivity contribution in [3.63, 3.8) is 0 Å². The second-order valence-corrected chi connectivity index (χ2v) is 4.66. The molecule has 0 bridgehead atoms. The van der Waals surface area contributed by atoms with Crippen molar-refractivity contribution in [2.24, 2.45) is 0 Å². The van der Waals surface area contributed by atoms with Crippen molar-refractivity contribution in [2.75, 3.05) is 6.54 Å². The molecular weight excluding hydrogens is 186 g/mol. The lowest BCUT2D eigenvalue weighted by molar-refractivity contribution is -0.130. The number of fused-ring (bicyclic) bond motifs is 1. The van der Waals surface area contributed by atoms with E-state index in [4.69, 9.17) is 4.74 Å². The minimum atomic E-state index is 0. The van der Waals surface area contributed by atoms with Gasteiger partial charge >= 0.3 is 0 Å². The molecule has 3 heteroatoms. The van der Waals surface area contributed by atoms with E-state index < -0.39 is 0 Å². The average Bonchev–Trinajstić information content (AvgIpc) is 2.02. The third-order valence-electron chi connectivity index (χ3n) is 3.05. The van der Waals surface area contributed by atoms with Crippen molar-refractivity contribution in [2.45, 2.75) is 57.3 Å². The normalized spacial score (nSPS) is 37.4. The smallest absolute Gasteiger partial charge is 0.0735 e. The van der Waals surface area contributed by atoms with Crippen LogP contribution in [0.25, 0.3) is 0 Å². The molecule has 2 aliphatic heterocycles. The van der Waals surface area contributed by atoms with Gasteiger partial charge in [0.1, 0.15) is 0 Å². The first-order valence-corrected chi connectivity index (χ1v) is 5.09. The van der Waals surface area contributed by atoms with Crippen molar-refractivity contribution in [3.05, 3.63) is 0 Å². The molecule has 13 heavy (non-hydrogen) atoms. The third kappa shape index (κ3) is 2.58. The van der Waals surface area contributed by atoms with Crippen LogP contribution in [0.2, 0.25) is 0 Å². The quantitative estimate of drug-likeness (QED) is 0.654. The molecule has 2 saturated heterocycles. The molecule has 78 valence electrons. The predicted molar refractivity (Wildman–Crippen MR) is 56.5 cm³/mol. The second kappa shape index (κ2) is 4.16. The van der Waals surface area contributed by atoms with Crippen LogP contribution < -0.4 is 5.32 Å². The Kier molecular flexibility index (Phi) is 3.61. The van der Waals surface area contributed by atoms with Crippen molar-refractivity contribution in [3.8, 4) is 0 Å². The highest BCUT2D eigenvalue weighted by Crippen LogP contribution is 2.31. The third-order valence-corrected chi connectivity index (χ3v) is 3.05. The van der Waals surface area contributed by atoms with Crippen molar-refractivity contribution >= 4 is 12.4 Å². The van der Waals surface area contributed by atoms with Crippen LogP contribution in [0.4, 0.5) is 0 Å². The van der Waals surface area contributed by atoms with Crippen molar-refractivity contribution < 1.29 is 4.74 Å². The maximum atomic E-state index is 6.02. The van der Waals surface area contributed by atoms with E-state index in [-0.39, 0.29) is 18.0 Å². The van der Waals surface area contributed by atoms with Gasteiger partial charge in [0.05, 0.1) is 11.7 Å². The zero-order valence-corrected chi connectivity index (χ0v) is 9.32. The molecule has 2 rings (SSSR count). The molecule has 2 fully saturated rings. The summed E-state index contributed by atoms with van der Waals surface area (Å²) in [4.78, 5) is 0. The van der Waals surface area contributed by atoms with E-state index in [1.807, 2.05) is 0 Å². The standard InChI is InChI=1S/C10H19NO.ClH/c1-10(2)6-5-8-9(12-10)4-3-7-11-8;/h8-9,11H,3-7H2,1-2H3;1H. The molecule has 0 saturated carbocycles. The van der Waals surface area contributed by atoms with E-state index in [1.165, 1.54) is 32.2 Å². The van der Waals surface area contributed by atoms with Gasteiger partial charge in [-0.1, -0.05) is 0 Å². The Morgan fingerprint density at radius 3 is 2.85 bits per heavy atom. The molecule has 0 aromatic rings. The molecule has 0 aromatic carbocycles. The highest BCUT2D eigenvalue weighted by Gasteiger charge is 2.36. The molecule has 2 heterocycles. The lowest BCUT2D eigenvalue weighted by atomic mass is 9.88. The number of halogens is 1. The van der Waals surface area contributed by atoms with E-state index >= 15 is 0 Å². The van der Waals surface area contributed by atoms with Gasteiger partial charge < -0.3 is 10.1 Å². The molecule has 0 amide bonds. The molecule has 2 nitrogen and oxygen atoms in total. The fourth-order valence-electron chi connectivity index (χ4n) is 2.32. The molecule has 0 aliphatic carbocycles. The minimum absolute atomic E-state index is 0. The summed E-state index contributed by atoms with van der Waals surface area (Å²) in [6.45, 7) is 5.60. The molecule has 2 atom stereocenters. The highest BCUT2D eigenvalue weighted by molar-refractivity contribution is 5.85. The minimum Gasteiger partial charge on any atom is -0.371 e. The maximum absolute atomic E-state index is 6.02. The summed E-state index contributed by atoms with van der Waals surface area (Å²) in [5.41, 5.74) is 0.125. The Labute approximate surface area is 86.8 Å². The monoisotopic (exact) mass is 205 g/mol. The first-order chi connectivity index (χ1) is 5.67. The number of piperidine rings is 1. The molecular formula is C10H20ClNO. The average molecular weight is 206 g/mol. The summed E-state index contributed by atoms with van der Waals surface area (Å²) in [7, 11) is 0. The van der Waals surface area contributed by atoms with Gasteiger partial charge in [0, 0.05) is 6.04 Å². The van der Waals surface area contributed by atoms with Crippen LogP contribution in [0.15, 0.2) is 0 Å². The molecule has 0 aromatic heterocycles. The second-order valence-electron chi connectivity index (χ2n) is 4.66. The SMILES string of the molecule is CC1(C)CCC2NCCCC2O1.Cl. The number of rotatable bonds is 0. The molecule has 0 spiro atoms. The van der Waals surface area contributed by atoms with Crippen LogP contribution in [-0.4, -0.2) is 24.3 Å². The fraction of sp³-hybridized carbons (Fsp3) is 1.00. The Morgan fingerprint density at radius 1 is 1.31 bits per heavy atom. The Hall–Kier alpha value is 0.210. The van der Waals surface area contributed by atoms with E-state index in [1.54, 1.807) is 0 Å². The summed E-state index contributed by atoms with van der Waals surface area (Å²) in [6.07, 6.45) is 5.50. The first-order valence-electron chi connectivity index (χ1n) is 5.09. The maximum Gasteiger partial charge on any atom is 0.0735 e. The topological polar surface area (TPSA) is 21.3 Å².